The molecular weight excluding hydrogens is 274 g/mol. The van der Waals surface area contributed by atoms with Crippen molar-refractivity contribution in [1.29, 1.82) is 0 Å². The Morgan fingerprint density at radius 3 is 2.50 bits per heavy atom. The summed E-state index contributed by atoms with van der Waals surface area (Å²) in [5.74, 6) is 0. The van der Waals surface area contributed by atoms with Crippen LogP contribution >= 0.6 is 0 Å². The maximum absolute atomic E-state index is 5.90. The molecule has 2 rings (SSSR count). The number of fused-ring (bicyclic) bond motifs is 1. The molecule has 0 aliphatic heterocycles. The van der Waals surface area contributed by atoms with Gasteiger partial charge < -0.3 is 4.74 Å². The van der Waals surface area contributed by atoms with Gasteiger partial charge in [0, 0.05) is 6.61 Å². The van der Waals surface area contributed by atoms with Crippen molar-refractivity contribution in [1.82, 2.24) is 15.0 Å². The van der Waals surface area contributed by atoms with Crippen molar-refractivity contribution >= 4 is 11.0 Å². The lowest BCUT2D eigenvalue weighted by atomic mass is 10.1. The third-order valence-electron chi connectivity index (χ3n) is 4.06. The Balaban J connectivity index is 1.85. The summed E-state index contributed by atoms with van der Waals surface area (Å²) in [5.41, 5.74) is 2.00. The Hall–Kier alpha value is -1.42. The second-order valence-electron chi connectivity index (χ2n) is 5.84. The Bertz CT molecular complexity index is 538. The van der Waals surface area contributed by atoms with Crippen LogP contribution in [0.15, 0.2) is 24.3 Å². The van der Waals surface area contributed by atoms with Gasteiger partial charge in [-0.3, -0.25) is 0 Å². The molecule has 0 aliphatic rings. The highest BCUT2D eigenvalue weighted by atomic mass is 16.5. The zero-order chi connectivity index (χ0) is 15.6. The van der Waals surface area contributed by atoms with Gasteiger partial charge in [0.25, 0.3) is 0 Å². The first kappa shape index (κ1) is 16.9. The van der Waals surface area contributed by atoms with E-state index < -0.39 is 0 Å². The van der Waals surface area contributed by atoms with Crippen LogP contribution in [0.1, 0.15) is 71.4 Å². The van der Waals surface area contributed by atoms with E-state index in [9.17, 15) is 0 Å². The van der Waals surface area contributed by atoms with E-state index in [0.717, 1.165) is 17.5 Å². The second kappa shape index (κ2) is 9.57. The molecule has 122 valence electrons. The number of nitrogens with zero attached hydrogens (tertiary/aromatic N) is 3. The van der Waals surface area contributed by atoms with Crippen LogP contribution in [0.3, 0.4) is 0 Å². The predicted molar refractivity (Wildman–Crippen MR) is 90.8 cm³/mol. The number of aromatic nitrogens is 3. The smallest absolute Gasteiger partial charge is 0.152 e. The van der Waals surface area contributed by atoms with Gasteiger partial charge >= 0.3 is 0 Å². The number of rotatable bonds is 11. The number of hydrogen-bond donors (Lipinski definition) is 0. The summed E-state index contributed by atoms with van der Waals surface area (Å²) in [5, 5.41) is 8.53. The molecule has 22 heavy (non-hydrogen) atoms. The standard InChI is InChI=1S/C18H29N3O/c1-3-5-6-7-8-9-10-15-18(22-4-2)21-17-14-12-11-13-16(17)19-20-21/h11-14,18H,3-10,15H2,1-2H3. The molecule has 4 nitrogen and oxygen atoms in total. The first-order chi connectivity index (χ1) is 10.9. The molecule has 4 heteroatoms. The van der Waals surface area contributed by atoms with Crippen molar-refractivity contribution in [2.45, 2.75) is 71.4 Å². The van der Waals surface area contributed by atoms with Gasteiger partial charge in [0.2, 0.25) is 0 Å². The molecule has 0 radical (unpaired) electrons. The fourth-order valence-corrected chi connectivity index (χ4v) is 2.84. The molecule has 0 aliphatic carbocycles. The number of benzene rings is 1. The molecule has 0 amide bonds. The minimum Gasteiger partial charge on any atom is -0.357 e. The van der Waals surface area contributed by atoms with Crippen LogP contribution in [0.2, 0.25) is 0 Å². The molecule has 2 aromatic rings. The quantitative estimate of drug-likeness (QED) is 0.542. The highest BCUT2D eigenvalue weighted by Gasteiger charge is 2.15. The van der Waals surface area contributed by atoms with Crippen molar-refractivity contribution in [3.8, 4) is 0 Å². The molecule has 0 bridgehead atoms. The summed E-state index contributed by atoms with van der Waals surface area (Å²) >= 11 is 0. The second-order valence-corrected chi connectivity index (χ2v) is 5.84. The monoisotopic (exact) mass is 303 g/mol. The minimum absolute atomic E-state index is 0.00745. The van der Waals surface area contributed by atoms with Crippen LogP contribution < -0.4 is 0 Å². The maximum Gasteiger partial charge on any atom is 0.152 e. The molecule has 0 spiro atoms. The van der Waals surface area contributed by atoms with Crippen molar-refractivity contribution in [2.75, 3.05) is 6.61 Å². The molecule has 1 aromatic heterocycles. The lowest BCUT2D eigenvalue weighted by molar-refractivity contribution is -0.00431. The van der Waals surface area contributed by atoms with Gasteiger partial charge in [-0.25, -0.2) is 4.68 Å². The van der Waals surface area contributed by atoms with Crippen molar-refractivity contribution in [3.05, 3.63) is 24.3 Å². The molecule has 0 N–H and O–H groups in total. The minimum atomic E-state index is 0.00745. The molecule has 1 heterocycles. The highest BCUT2D eigenvalue weighted by molar-refractivity contribution is 5.73. The molecule has 1 unspecified atom stereocenters. The lowest BCUT2D eigenvalue weighted by Crippen LogP contribution is -2.14. The van der Waals surface area contributed by atoms with Crippen LogP contribution in [-0.2, 0) is 4.74 Å². The van der Waals surface area contributed by atoms with E-state index in [4.69, 9.17) is 4.74 Å². The number of ether oxygens (including phenoxy) is 1. The largest absolute Gasteiger partial charge is 0.357 e. The zero-order valence-electron chi connectivity index (χ0n) is 14.0. The van der Waals surface area contributed by atoms with E-state index in [1.54, 1.807) is 0 Å². The van der Waals surface area contributed by atoms with Crippen molar-refractivity contribution in [3.63, 3.8) is 0 Å². The predicted octanol–water partition coefficient (Wildman–Crippen LogP) is 5.11. The number of para-hydroxylation sites is 1. The Morgan fingerprint density at radius 1 is 1.00 bits per heavy atom. The molecule has 0 saturated heterocycles. The van der Waals surface area contributed by atoms with Gasteiger partial charge in [0.05, 0.1) is 5.52 Å². The summed E-state index contributed by atoms with van der Waals surface area (Å²) in [7, 11) is 0. The molecule has 1 aromatic carbocycles. The zero-order valence-corrected chi connectivity index (χ0v) is 14.0. The molecule has 0 saturated carbocycles. The third-order valence-corrected chi connectivity index (χ3v) is 4.06. The first-order valence-corrected chi connectivity index (χ1v) is 8.78. The fraction of sp³-hybridized carbons (Fsp3) is 0.667. The Labute approximate surface area is 133 Å². The van der Waals surface area contributed by atoms with E-state index in [0.29, 0.717) is 6.61 Å². The van der Waals surface area contributed by atoms with Gasteiger partial charge in [0.15, 0.2) is 6.23 Å². The van der Waals surface area contributed by atoms with E-state index >= 15 is 0 Å². The highest BCUT2D eigenvalue weighted by Crippen LogP contribution is 2.22. The average molecular weight is 303 g/mol. The Kier molecular flexibility index (Phi) is 7.37. The Morgan fingerprint density at radius 2 is 1.73 bits per heavy atom. The topological polar surface area (TPSA) is 39.9 Å². The van der Waals surface area contributed by atoms with E-state index in [1.807, 2.05) is 29.8 Å². The summed E-state index contributed by atoms with van der Waals surface area (Å²) in [6, 6.07) is 8.08. The number of unbranched alkanes of at least 4 members (excludes halogenated alkanes) is 6. The summed E-state index contributed by atoms with van der Waals surface area (Å²) in [6.45, 7) is 5.00. The fourth-order valence-electron chi connectivity index (χ4n) is 2.84. The maximum atomic E-state index is 5.90. The van der Waals surface area contributed by atoms with E-state index in [1.165, 1.54) is 44.9 Å². The average Bonchev–Trinajstić information content (AvgIpc) is 2.97. The van der Waals surface area contributed by atoms with Gasteiger partial charge in [-0.2, -0.15) is 0 Å². The van der Waals surface area contributed by atoms with Crippen LogP contribution in [-0.4, -0.2) is 21.6 Å². The van der Waals surface area contributed by atoms with Crippen LogP contribution in [0.5, 0.6) is 0 Å². The molecular formula is C18H29N3O. The normalized spacial score (nSPS) is 12.8. The van der Waals surface area contributed by atoms with Crippen LogP contribution in [0, 0.1) is 0 Å². The summed E-state index contributed by atoms with van der Waals surface area (Å²) in [4.78, 5) is 0. The van der Waals surface area contributed by atoms with Gasteiger partial charge in [-0.1, -0.05) is 62.8 Å². The van der Waals surface area contributed by atoms with Crippen LogP contribution in [0.4, 0.5) is 0 Å². The molecule has 0 fully saturated rings. The SMILES string of the molecule is CCCCCCCCCC(OCC)n1nnc2ccccc21. The lowest BCUT2D eigenvalue weighted by Gasteiger charge is -2.17. The summed E-state index contributed by atoms with van der Waals surface area (Å²) in [6.07, 6.45) is 10.2. The van der Waals surface area contributed by atoms with Gasteiger partial charge in [-0.05, 0) is 31.9 Å². The van der Waals surface area contributed by atoms with Crippen molar-refractivity contribution in [2.24, 2.45) is 0 Å². The van der Waals surface area contributed by atoms with Crippen LogP contribution in [0.25, 0.3) is 11.0 Å². The third kappa shape index (κ3) is 4.80. The first-order valence-electron chi connectivity index (χ1n) is 8.78. The summed E-state index contributed by atoms with van der Waals surface area (Å²) < 4.78 is 7.84. The van der Waals surface area contributed by atoms with Gasteiger partial charge in [-0.15, -0.1) is 5.10 Å². The van der Waals surface area contributed by atoms with Gasteiger partial charge in [0.1, 0.15) is 5.52 Å². The van der Waals surface area contributed by atoms with E-state index in [-0.39, 0.29) is 6.23 Å². The van der Waals surface area contributed by atoms with E-state index in [2.05, 4.69) is 23.3 Å². The van der Waals surface area contributed by atoms with Crippen molar-refractivity contribution < 1.29 is 4.74 Å². The molecule has 1 atom stereocenters. The number of hydrogen-bond acceptors (Lipinski definition) is 3.